The molecule has 102 valence electrons. The van der Waals surface area contributed by atoms with Crippen molar-refractivity contribution >= 4 is 23.4 Å². The Morgan fingerprint density at radius 1 is 1.25 bits per heavy atom. The molecule has 2 rings (SSSR count). The van der Waals surface area contributed by atoms with E-state index in [0.717, 1.165) is 0 Å². The minimum atomic E-state index is -0.343. The lowest BCUT2D eigenvalue weighted by atomic mass is 10.1. The monoisotopic (exact) mass is 307 g/mol. The van der Waals surface area contributed by atoms with Gasteiger partial charge in [-0.3, -0.25) is 0 Å². The van der Waals surface area contributed by atoms with Crippen LogP contribution in [0.3, 0.4) is 0 Å². The van der Waals surface area contributed by atoms with Gasteiger partial charge in [0, 0.05) is 10.8 Å². The van der Waals surface area contributed by atoms with Crippen LogP contribution in [0.15, 0.2) is 29.4 Å². The number of thioether (sulfide) groups is 1. The molecule has 0 N–H and O–H groups in total. The van der Waals surface area contributed by atoms with E-state index in [9.17, 15) is 9.65 Å². The van der Waals surface area contributed by atoms with E-state index in [2.05, 4.69) is 9.97 Å². The first-order valence-electron chi connectivity index (χ1n) is 5.91. The van der Waals surface area contributed by atoms with Crippen LogP contribution in [0.4, 0.5) is 4.39 Å². The third-order valence-corrected chi connectivity index (χ3v) is 3.55. The average Bonchev–Trinajstić information content (AvgIpc) is 2.38. The minimum absolute atomic E-state index is 0.116. The maximum atomic E-state index is 13.0. The summed E-state index contributed by atoms with van der Waals surface area (Å²) in [6.45, 7) is 4.02. The third kappa shape index (κ3) is 3.27. The van der Waals surface area contributed by atoms with Crippen LogP contribution in [-0.2, 0) is 0 Å². The van der Waals surface area contributed by atoms with Gasteiger partial charge >= 0.3 is 0 Å². The highest BCUT2D eigenvalue weighted by Crippen LogP contribution is 2.29. The van der Waals surface area contributed by atoms with E-state index < -0.39 is 0 Å². The number of nitrogens with zero attached hydrogens (tertiary/aromatic N) is 3. The van der Waals surface area contributed by atoms with Crippen molar-refractivity contribution in [2.75, 3.05) is 0 Å². The van der Waals surface area contributed by atoms with Crippen molar-refractivity contribution in [3.63, 3.8) is 0 Å². The zero-order valence-corrected chi connectivity index (χ0v) is 12.5. The van der Waals surface area contributed by atoms with Gasteiger partial charge in [-0.05, 0) is 24.3 Å². The molecule has 0 amide bonds. The number of halogens is 2. The Bertz CT molecular complexity index is 665. The summed E-state index contributed by atoms with van der Waals surface area (Å²) in [7, 11) is 0. The lowest BCUT2D eigenvalue weighted by Crippen LogP contribution is -1.99. The molecule has 1 aromatic heterocycles. The van der Waals surface area contributed by atoms with E-state index in [1.807, 2.05) is 19.9 Å². The molecule has 0 unspecified atom stereocenters. The number of rotatable bonds is 3. The van der Waals surface area contributed by atoms with Crippen molar-refractivity contribution in [2.24, 2.45) is 0 Å². The van der Waals surface area contributed by atoms with Gasteiger partial charge in [0.1, 0.15) is 17.4 Å². The standard InChI is InChI=1S/C14H11ClFN3S/c1-8(2)20-14-18-12(11(7-17)13(15)19-14)9-3-5-10(16)6-4-9/h3-6,8H,1-2H3. The largest absolute Gasteiger partial charge is 0.221 e. The Kier molecular flexibility index (Phi) is 4.58. The average molecular weight is 308 g/mol. The number of nitriles is 1. The third-order valence-electron chi connectivity index (χ3n) is 2.41. The highest BCUT2D eigenvalue weighted by molar-refractivity contribution is 7.99. The Balaban J connectivity index is 2.57. The van der Waals surface area contributed by atoms with Gasteiger partial charge in [-0.15, -0.1) is 0 Å². The number of hydrogen-bond acceptors (Lipinski definition) is 4. The van der Waals surface area contributed by atoms with E-state index in [1.54, 1.807) is 12.1 Å². The van der Waals surface area contributed by atoms with E-state index in [0.29, 0.717) is 21.7 Å². The number of benzene rings is 1. The molecule has 0 saturated heterocycles. The Morgan fingerprint density at radius 2 is 1.90 bits per heavy atom. The molecule has 2 aromatic rings. The molecule has 0 atom stereocenters. The van der Waals surface area contributed by atoms with E-state index >= 15 is 0 Å². The van der Waals surface area contributed by atoms with E-state index in [1.165, 1.54) is 23.9 Å². The quantitative estimate of drug-likeness (QED) is 0.482. The summed E-state index contributed by atoms with van der Waals surface area (Å²) >= 11 is 7.49. The summed E-state index contributed by atoms with van der Waals surface area (Å²) in [5.41, 5.74) is 1.26. The van der Waals surface area contributed by atoms with Crippen molar-refractivity contribution in [3.05, 3.63) is 40.8 Å². The van der Waals surface area contributed by atoms with Crippen molar-refractivity contribution in [3.8, 4) is 17.3 Å². The topological polar surface area (TPSA) is 49.6 Å². The Hall–Kier alpha value is -1.64. The van der Waals surface area contributed by atoms with Crippen molar-refractivity contribution in [1.82, 2.24) is 9.97 Å². The predicted octanol–water partition coefficient (Wildman–Crippen LogP) is 4.31. The molecule has 0 radical (unpaired) electrons. The molecule has 3 nitrogen and oxygen atoms in total. The first kappa shape index (κ1) is 14.8. The van der Waals surface area contributed by atoms with Gasteiger partial charge in [-0.25, -0.2) is 14.4 Å². The Labute approximate surface area is 125 Å². The molecule has 0 aliphatic carbocycles. The van der Waals surface area contributed by atoms with Crippen LogP contribution in [0.2, 0.25) is 5.15 Å². The molecule has 0 aliphatic rings. The highest BCUT2D eigenvalue weighted by Gasteiger charge is 2.15. The molecule has 20 heavy (non-hydrogen) atoms. The lowest BCUT2D eigenvalue weighted by Gasteiger charge is -2.09. The molecule has 6 heteroatoms. The zero-order valence-electron chi connectivity index (χ0n) is 10.9. The SMILES string of the molecule is CC(C)Sc1nc(Cl)c(C#N)c(-c2ccc(F)cc2)n1. The van der Waals surface area contributed by atoms with Crippen LogP contribution in [0.1, 0.15) is 19.4 Å². The fourth-order valence-corrected chi connectivity index (χ4v) is 2.56. The molecular formula is C14H11ClFN3S. The van der Waals surface area contributed by atoms with Gasteiger partial charge in [0.25, 0.3) is 0 Å². The molecule has 1 heterocycles. The van der Waals surface area contributed by atoms with E-state index in [-0.39, 0.29) is 16.5 Å². The van der Waals surface area contributed by atoms with Crippen LogP contribution >= 0.6 is 23.4 Å². The summed E-state index contributed by atoms with van der Waals surface area (Å²) in [5.74, 6) is -0.343. The zero-order chi connectivity index (χ0) is 14.7. The number of hydrogen-bond donors (Lipinski definition) is 0. The van der Waals surface area contributed by atoms with Gasteiger partial charge in [0.2, 0.25) is 0 Å². The van der Waals surface area contributed by atoms with Crippen molar-refractivity contribution in [1.29, 1.82) is 5.26 Å². The summed E-state index contributed by atoms with van der Waals surface area (Å²) in [6, 6.07) is 7.78. The lowest BCUT2D eigenvalue weighted by molar-refractivity contribution is 0.628. The summed E-state index contributed by atoms with van der Waals surface area (Å²) in [5, 5.41) is 10.1. The summed E-state index contributed by atoms with van der Waals surface area (Å²) < 4.78 is 13.0. The van der Waals surface area contributed by atoms with Crippen molar-refractivity contribution < 1.29 is 4.39 Å². The van der Waals surface area contributed by atoms with Gasteiger partial charge in [-0.1, -0.05) is 37.2 Å². The normalized spacial score (nSPS) is 10.6. The van der Waals surface area contributed by atoms with Crippen LogP contribution in [0.25, 0.3) is 11.3 Å². The molecule has 0 spiro atoms. The second-order valence-electron chi connectivity index (χ2n) is 4.31. The summed E-state index contributed by atoms with van der Waals surface area (Å²) in [4.78, 5) is 8.48. The second-order valence-corrected chi connectivity index (χ2v) is 6.21. The molecule has 0 aliphatic heterocycles. The maximum Gasteiger partial charge on any atom is 0.189 e. The van der Waals surface area contributed by atoms with Crippen LogP contribution in [0.5, 0.6) is 0 Å². The van der Waals surface area contributed by atoms with Crippen LogP contribution < -0.4 is 0 Å². The van der Waals surface area contributed by atoms with Gasteiger partial charge in [0.05, 0.1) is 5.69 Å². The summed E-state index contributed by atoms with van der Waals surface area (Å²) in [6.07, 6.45) is 0. The van der Waals surface area contributed by atoms with Gasteiger partial charge in [0.15, 0.2) is 10.3 Å². The first-order chi connectivity index (χ1) is 9.51. The molecule has 1 aromatic carbocycles. The predicted molar refractivity (Wildman–Crippen MR) is 78.1 cm³/mol. The molecule has 0 saturated carbocycles. The van der Waals surface area contributed by atoms with Crippen LogP contribution in [-0.4, -0.2) is 15.2 Å². The minimum Gasteiger partial charge on any atom is -0.221 e. The van der Waals surface area contributed by atoms with Crippen molar-refractivity contribution in [2.45, 2.75) is 24.3 Å². The Morgan fingerprint density at radius 3 is 2.45 bits per heavy atom. The van der Waals surface area contributed by atoms with Gasteiger partial charge < -0.3 is 0 Å². The number of aromatic nitrogens is 2. The van der Waals surface area contributed by atoms with Gasteiger partial charge in [-0.2, -0.15) is 5.26 Å². The maximum absolute atomic E-state index is 13.0. The first-order valence-corrected chi connectivity index (χ1v) is 7.17. The molecule has 0 fully saturated rings. The van der Waals surface area contributed by atoms with E-state index in [4.69, 9.17) is 11.6 Å². The fraction of sp³-hybridized carbons (Fsp3) is 0.214. The molecule has 0 bridgehead atoms. The molecular weight excluding hydrogens is 297 g/mol. The highest BCUT2D eigenvalue weighted by atomic mass is 35.5. The second kappa shape index (κ2) is 6.21. The fourth-order valence-electron chi connectivity index (χ4n) is 1.59. The van der Waals surface area contributed by atoms with Crippen LogP contribution in [0, 0.1) is 17.1 Å². The smallest absolute Gasteiger partial charge is 0.189 e.